The van der Waals surface area contributed by atoms with Crippen LogP contribution in [0.1, 0.15) is 29.3 Å². The van der Waals surface area contributed by atoms with Crippen LogP contribution >= 0.6 is 11.6 Å². The number of hydrogen-bond acceptors (Lipinski definition) is 3. The van der Waals surface area contributed by atoms with E-state index in [9.17, 15) is 4.79 Å². The van der Waals surface area contributed by atoms with E-state index in [1.807, 2.05) is 37.4 Å². The molecule has 0 amide bonds. The van der Waals surface area contributed by atoms with Crippen LogP contribution in [-0.2, 0) is 11.2 Å². The number of halogens is 1. The predicted molar refractivity (Wildman–Crippen MR) is 99.5 cm³/mol. The number of fused-ring (bicyclic) bond motifs is 1. The number of aromatic nitrogens is 1. The first-order chi connectivity index (χ1) is 12.2. The highest BCUT2D eigenvalue weighted by Crippen LogP contribution is 2.23. The highest BCUT2D eigenvalue weighted by molar-refractivity contribution is 6.31. The van der Waals surface area contributed by atoms with Gasteiger partial charge in [-0.15, -0.1) is 0 Å². The molecule has 25 heavy (non-hydrogen) atoms. The van der Waals surface area contributed by atoms with E-state index in [0.717, 1.165) is 23.7 Å². The molecule has 4 nitrogen and oxygen atoms in total. The number of esters is 1. The molecule has 0 unspecified atom stereocenters. The highest BCUT2D eigenvalue weighted by Gasteiger charge is 2.09. The predicted octanol–water partition coefficient (Wildman–Crippen LogP) is 5.01. The van der Waals surface area contributed by atoms with Crippen LogP contribution < -0.4 is 4.74 Å². The molecular formula is C20H20ClNO3. The minimum absolute atomic E-state index is 0.330. The number of carbonyl (C=O) groups excluding carboxylic acids is 1. The lowest BCUT2D eigenvalue weighted by Crippen LogP contribution is -2.07. The molecule has 5 heteroatoms. The first-order valence-corrected chi connectivity index (χ1v) is 8.70. The van der Waals surface area contributed by atoms with E-state index in [1.165, 1.54) is 5.56 Å². The molecule has 0 spiro atoms. The Morgan fingerprint density at radius 3 is 2.92 bits per heavy atom. The van der Waals surface area contributed by atoms with Crippen molar-refractivity contribution in [1.29, 1.82) is 0 Å². The summed E-state index contributed by atoms with van der Waals surface area (Å²) in [6.07, 6.45) is 3.54. The second kappa shape index (κ2) is 8.08. The average molecular weight is 358 g/mol. The Labute approximate surface area is 151 Å². The summed E-state index contributed by atoms with van der Waals surface area (Å²) in [6, 6.07) is 12.8. The Balaban J connectivity index is 1.53. The van der Waals surface area contributed by atoms with Gasteiger partial charge in [0.15, 0.2) is 0 Å². The number of aryl methyl sites for hydroxylation is 1. The topological polar surface area (TPSA) is 51.3 Å². The second-order valence-corrected chi connectivity index (χ2v) is 6.14. The lowest BCUT2D eigenvalue weighted by molar-refractivity contribution is 0.0500. The van der Waals surface area contributed by atoms with Crippen LogP contribution in [0, 0.1) is 0 Å². The molecule has 0 saturated carbocycles. The molecule has 2 aromatic carbocycles. The molecule has 0 aliphatic heterocycles. The molecule has 0 aliphatic carbocycles. The second-order valence-electron chi connectivity index (χ2n) is 5.70. The largest absolute Gasteiger partial charge is 0.494 e. The van der Waals surface area contributed by atoms with Gasteiger partial charge in [0.1, 0.15) is 5.75 Å². The Morgan fingerprint density at radius 1 is 1.20 bits per heavy atom. The molecule has 130 valence electrons. The molecule has 0 saturated heterocycles. The number of ether oxygens (including phenoxy) is 2. The maximum Gasteiger partial charge on any atom is 0.338 e. The summed E-state index contributed by atoms with van der Waals surface area (Å²) < 4.78 is 10.8. The van der Waals surface area contributed by atoms with Gasteiger partial charge in [0.2, 0.25) is 0 Å². The average Bonchev–Trinajstić information content (AvgIpc) is 3.01. The lowest BCUT2D eigenvalue weighted by Gasteiger charge is -2.07. The van der Waals surface area contributed by atoms with Crippen LogP contribution in [0.25, 0.3) is 10.9 Å². The van der Waals surface area contributed by atoms with Crippen LogP contribution in [0.15, 0.2) is 48.7 Å². The van der Waals surface area contributed by atoms with Crippen molar-refractivity contribution in [2.24, 2.45) is 0 Å². The fraction of sp³-hybridized carbons (Fsp3) is 0.250. The van der Waals surface area contributed by atoms with Gasteiger partial charge in [0.25, 0.3) is 0 Å². The van der Waals surface area contributed by atoms with Crippen molar-refractivity contribution in [3.63, 3.8) is 0 Å². The molecular weight excluding hydrogens is 338 g/mol. The van der Waals surface area contributed by atoms with Gasteiger partial charge in [0, 0.05) is 22.1 Å². The zero-order valence-electron chi connectivity index (χ0n) is 14.0. The van der Waals surface area contributed by atoms with Crippen LogP contribution in [0.5, 0.6) is 5.75 Å². The van der Waals surface area contributed by atoms with Crippen LogP contribution in [0.3, 0.4) is 0 Å². The van der Waals surface area contributed by atoms with E-state index in [-0.39, 0.29) is 5.97 Å². The third-order valence-corrected chi connectivity index (χ3v) is 4.17. The zero-order chi connectivity index (χ0) is 17.6. The van der Waals surface area contributed by atoms with Gasteiger partial charge < -0.3 is 14.5 Å². The first-order valence-electron chi connectivity index (χ1n) is 8.33. The SMILES string of the molecule is CCOc1cccc(C(=O)OCCCc2c[nH]c3ccc(Cl)cc23)c1. The normalized spacial score (nSPS) is 10.8. The molecule has 3 aromatic rings. The van der Waals surface area contributed by atoms with Crippen molar-refractivity contribution in [2.45, 2.75) is 19.8 Å². The standard InChI is InChI=1S/C20H20ClNO3/c1-2-24-17-7-3-5-14(11-17)20(23)25-10-4-6-15-13-22-19-9-8-16(21)12-18(15)19/h3,5,7-9,11-13,22H,2,4,6,10H2,1H3. The van der Waals surface area contributed by atoms with Gasteiger partial charge >= 0.3 is 5.97 Å². The third kappa shape index (κ3) is 4.34. The van der Waals surface area contributed by atoms with E-state index in [2.05, 4.69) is 4.98 Å². The van der Waals surface area contributed by atoms with Crippen molar-refractivity contribution in [1.82, 2.24) is 4.98 Å². The number of rotatable bonds is 7. The molecule has 0 atom stereocenters. The summed E-state index contributed by atoms with van der Waals surface area (Å²) in [5.41, 5.74) is 2.74. The van der Waals surface area contributed by atoms with Gasteiger partial charge in [-0.2, -0.15) is 0 Å². The Hall–Kier alpha value is -2.46. The van der Waals surface area contributed by atoms with Crippen molar-refractivity contribution >= 4 is 28.5 Å². The summed E-state index contributed by atoms with van der Waals surface area (Å²) in [6.45, 7) is 2.83. The monoisotopic (exact) mass is 357 g/mol. The number of nitrogens with one attached hydrogen (secondary N) is 1. The van der Waals surface area contributed by atoms with E-state index in [0.29, 0.717) is 29.5 Å². The fourth-order valence-electron chi connectivity index (χ4n) is 2.75. The van der Waals surface area contributed by atoms with Gasteiger partial charge in [-0.3, -0.25) is 0 Å². The first kappa shape index (κ1) is 17.4. The number of H-pyrrole nitrogens is 1. The van der Waals surface area contributed by atoms with E-state index in [1.54, 1.807) is 18.2 Å². The van der Waals surface area contributed by atoms with Gasteiger partial charge in [-0.05, 0) is 61.7 Å². The molecule has 0 radical (unpaired) electrons. The number of carbonyl (C=O) groups is 1. The molecule has 3 rings (SSSR count). The fourth-order valence-corrected chi connectivity index (χ4v) is 2.92. The number of aromatic amines is 1. The molecule has 0 bridgehead atoms. The Morgan fingerprint density at radius 2 is 2.08 bits per heavy atom. The third-order valence-electron chi connectivity index (χ3n) is 3.93. The summed E-state index contributed by atoms with van der Waals surface area (Å²) in [4.78, 5) is 15.3. The van der Waals surface area contributed by atoms with Crippen LogP contribution in [0.4, 0.5) is 0 Å². The minimum Gasteiger partial charge on any atom is -0.494 e. The smallest absolute Gasteiger partial charge is 0.338 e. The molecule has 1 N–H and O–H groups in total. The molecule has 0 fully saturated rings. The molecule has 0 aliphatic rings. The Kier molecular flexibility index (Phi) is 5.61. The summed E-state index contributed by atoms with van der Waals surface area (Å²) in [7, 11) is 0. The molecule has 1 heterocycles. The van der Waals surface area contributed by atoms with Crippen molar-refractivity contribution in [3.05, 3.63) is 64.8 Å². The number of hydrogen-bond donors (Lipinski definition) is 1. The quantitative estimate of drug-likeness (QED) is 0.477. The summed E-state index contributed by atoms with van der Waals surface area (Å²) in [5, 5.41) is 1.83. The zero-order valence-corrected chi connectivity index (χ0v) is 14.8. The van der Waals surface area contributed by atoms with Gasteiger partial charge in [-0.1, -0.05) is 17.7 Å². The van der Waals surface area contributed by atoms with E-state index in [4.69, 9.17) is 21.1 Å². The maximum atomic E-state index is 12.1. The van der Waals surface area contributed by atoms with Crippen molar-refractivity contribution in [3.8, 4) is 5.75 Å². The van der Waals surface area contributed by atoms with E-state index >= 15 is 0 Å². The van der Waals surface area contributed by atoms with E-state index < -0.39 is 0 Å². The van der Waals surface area contributed by atoms with Gasteiger partial charge in [0.05, 0.1) is 18.8 Å². The van der Waals surface area contributed by atoms with Crippen molar-refractivity contribution in [2.75, 3.05) is 13.2 Å². The van der Waals surface area contributed by atoms with Gasteiger partial charge in [-0.25, -0.2) is 4.79 Å². The summed E-state index contributed by atoms with van der Waals surface area (Å²) in [5.74, 6) is 0.344. The van der Waals surface area contributed by atoms with Crippen molar-refractivity contribution < 1.29 is 14.3 Å². The Bertz CT molecular complexity index is 872. The highest BCUT2D eigenvalue weighted by atomic mass is 35.5. The van der Waals surface area contributed by atoms with Crippen LogP contribution in [0.2, 0.25) is 5.02 Å². The van der Waals surface area contributed by atoms with Crippen LogP contribution in [-0.4, -0.2) is 24.2 Å². The minimum atomic E-state index is -0.330. The number of benzene rings is 2. The molecule has 1 aromatic heterocycles. The maximum absolute atomic E-state index is 12.1. The lowest BCUT2D eigenvalue weighted by atomic mass is 10.1. The summed E-state index contributed by atoms with van der Waals surface area (Å²) >= 11 is 6.06.